The maximum Gasteiger partial charge on any atom is 0.152 e. The maximum atomic E-state index is 11.2. The van der Waals surface area contributed by atoms with Crippen molar-refractivity contribution in [2.75, 3.05) is 11.4 Å². The lowest BCUT2D eigenvalue weighted by Crippen LogP contribution is -2.46. The van der Waals surface area contributed by atoms with Crippen molar-refractivity contribution in [2.24, 2.45) is 11.8 Å². The lowest BCUT2D eigenvalue weighted by Gasteiger charge is -2.43. The molecule has 3 atom stereocenters. The monoisotopic (exact) mass is 265 g/mol. The van der Waals surface area contributed by atoms with Crippen LogP contribution in [0.5, 0.6) is 0 Å². The second-order valence-corrected chi connectivity index (χ2v) is 5.91. The average Bonchev–Trinajstić information content (AvgIpc) is 2.33. The third kappa shape index (κ3) is 2.39. The zero-order valence-electron chi connectivity index (χ0n) is 11.2. The fraction of sp³-hybridized carbons (Fsp3) is 0.533. The van der Waals surface area contributed by atoms with Gasteiger partial charge in [0.15, 0.2) is 6.29 Å². The number of halogens is 1. The van der Waals surface area contributed by atoms with Gasteiger partial charge in [-0.15, -0.1) is 0 Å². The number of para-hydroxylation sites is 1. The highest BCUT2D eigenvalue weighted by molar-refractivity contribution is 6.34. The summed E-state index contributed by atoms with van der Waals surface area (Å²) in [6, 6.07) is 5.95. The SMILES string of the molecule is CC1CC(C)C(C)N(c2c(Cl)cccc2C=O)C1. The van der Waals surface area contributed by atoms with E-state index in [9.17, 15) is 4.79 Å². The second kappa shape index (κ2) is 5.31. The molecule has 3 heteroatoms. The summed E-state index contributed by atoms with van der Waals surface area (Å²) >= 11 is 6.30. The van der Waals surface area contributed by atoms with E-state index in [1.807, 2.05) is 18.2 Å². The number of carbonyl (C=O) groups excluding carboxylic acids is 1. The van der Waals surface area contributed by atoms with Gasteiger partial charge in [-0.1, -0.05) is 31.5 Å². The fourth-order valence-electron chi connectivity index (χ4n) is 2.94. The zero-order chi connectivity index (χ0) is 13.3. The van der Waals surface area contributed by atoms with Gasteiger partial charge in [0.1, 0.15) is 0 Å². The van der Waals surface area contributed by atoms with Crippen molar-refractivity contribution >= 4 is 23.6 Å². The highest BCUT2D eigenvalue weighted by atomic mass is 35.5. The molecule has 1 aliphatic rings. The molecule has 3 unspecified atom stereocenters. The number of rotatable bonds is 2. The van der Waals surface area contributed by atoms with Gasteiger partial charge in [0.2, 0.25) is 0 Å². The Labute approximate surface area is 114 Å². The van der Waals surface area contributed by atoms with E-state index in [-0.39, 0.29) is 0 Å². The zero-order valence-corrected chi connectivity index (χ0v) is 11.9. The molecule has 0 aliphatic carbocycles. The highest BCUT2D eigenvalue weighted by Crippen LogP contribution is 2.36. The van der Waals surface area contributed by atoms with Crippen LogP contribution in [0.3, 0.4) is 0 Å². The summed E-state index contributed by atoms with van der Waals surface area (Å²) < 4.78 is 0. The molecule has 0 radical (unpaired) electrons. The molecule has 0 amide bonds. The number of hydrogen-bond acceptors (Lipinski definition) is 2. The lowest BCUT2D eigenvalue weighted by molar-refractivity contribution is 0.112. The molecule has 0 bridgehead atoms. The van der Waals surface area contributed by atoms with Crippen molar-refractivity contribution in [1.29, 1.82) is 0 Å². The van der Waals surface area contributed by atoms with Crippen LogP contribution in [0.25, 0.3) is 0 Å². The molecule has 0 spiro atoms. The summed E-state index contributed by atoms with van der Waals surface area (Å²) in [5.41, 5.74) is 1.59. The molecule has 1 heterocycles. The fourth-order valence-corrected chi connectivity index (χ4v) is 3.23. The van der Waals surface area contributed by atoms with E-state index in [1.165, 1.54) is 6.42 Å². The molecule has 0 N–H and O–H groups in total. The first kappa shape index (κ1) is 13.4. The number of anilines is 1. The Morgan fingerprint density at radius 3 is 2.72 bits per heavy atom. The number of nitrogens with zero attached hydrogens (tertiary/aromatic N) is 1. The summed E-state index contributed by atoms with van der Waals surface area (Å²) in [4.78, 5) is 13.5. The summed E-state index contributed by atoms with van der Waals surface area (Å²) in [6.07, 6.45) is 2.14. The van der Waals surface area contributed by atoms with Crippen LogP contribution in [-0.2, 0) is 0 Å². The Kier molecular flexibility index (Phi) is 3.96. The Bertz CT molecular complexity index is 446. The normalized spacial score (nSPS) is 28.2. The molecular formula is C15H20ClNO. The minimum absolute atomic E-state index is 0.416. The molecular weight excluding hydrogens is 246 g/mol. The summed E-state index contributed by atoms with van der Waals surface area (Å²) in [7, 11) is 0. The van der Waals surface area contributed by atoms with Crippen molar-refractivity contribution in [3.05, 3.63) is 28.8 Å². The van der Waals surface area contributed by atoms with Gasteiger partial charge in [-0.05, 0) is 37.3 Å². The van der Waals surface area contributed by atoms with Gasteiger partial charge in [0.25, 0.3) is 0 Å². The number of benzene rings is 1. The Hall–Kier alpha value is -1.02. The van der Waals surface area contributed by atoms with Gasteiger partial charge in [0.05, 0.1) is 10.7 Å². The van der Waals surface area contributed by atoms with Crippen LogP contribution in [0.1, 0.15) is 37.6 Å². The first-order chi connectivity index (χ1) is 8.54. The first-order valence-electron chi connectivity index (χ1n) is 6.55. The Balaban J connectivity index is 2.43. The van der Waals surface area contributed by atoms with Crippen LogP contribution in [0.2, 0.25) is 5.02 Å². The molecule has 1 aliphatic heterocycles. The van der Waals surface area contributed by atoms with Gasteiger partial charge < -0.3 is 4.90 Å². The van der Waals surface area contributed by atoms with Gasteiger partial charge in [-0.3, -0.25) is 4.79 Å². The van der Waals surface area contributed by atoms with E-state index < -0.39 is 0 Å². The van der Waals surface area contributed by atoms with E-state index in [0.29, 0.717) is 28.5 Å². The van der Waals surface area contributed by atoms with Crippen LogP contribution in [0.15, 0.2) is 18.2 Å². The summed E-state index contributed by atoms with van der Waals surface area (Å²) in [6.45, 7) is 7.71. The number of piperidine rings is 1. The third-order valence-electron chi connectivity index (χ3n) is 4.03. The molecule has 18 heavy (non-hydrogen) atoms. The van der Waals surface area contributed by atoms with Crippen molar-refractivity contribution in [3.8, 4) is 0 Å². The number of aldehydes is 1. The molecule has 1 aromatic carbocycles. The minimum atomic E-state index is 0.416. The van der Waals surface area contributed by atoms with E-state index in [2.05, 4.69) is 25.7 Å². The molecule has 1 aromatic rings. The van der Waals surface area contributed by atoms with E-state index >= 15 is 0 Å². The molecule has 1 fully saturated rings. The van der Waals surface area contributed by atoms with Crippen LogP contribution >= 0.6 is 11.6 Å². The van der Waals surface area contributed by atoms with Crippen molar-refractivity contribution in [2.45, 2.75) is 33.2 Å². The molecule has 2 rings (SSSR count). The van der Waals surface area contributed by atoms with Gasteiger partial charge in [-0.25, -0.2) is 0 Å². The predicted molar refractivity (Wildman–Crippen MR) is 76.6 cm³/mol. The quantitative estimate of drug-likeness (QED) is 0.753. The molecule has 0 aromatic heterocycles. The van der Waals surface area contributed by atoms with Gasteiger partial charge in [0, 0.05) is 18.2 Å². The minimum Gasteiger partial charge on any atom is -0.367 e. The number of hydrogen-bond donors (Lipinski definition) is 0. The highest BCUT2D eigenvalue weighted by Gasteiger charge is 2.30. The topological polar surface area (TPSA) is 20.3 Å². The standard InChI is InChI=1S/C15H20ClNO/c1-10-7-11(2)12(3)17(8-10)15-13(9-18)5-4-6-14(15)16/h4-6,9-12H,7-8H2,1-3H3. The van der Waals surface area contributed by atoms with E-state index in [1.54, 1.807) is 0 Å². The lowest BCUT2D eigenvalue weighted by atomic mass is 9.85. The predicted octanol–water partition coefficient (Wildman–Crippen LogP) is 4.02. The van der Waals surface area contributed by atoms with Crippen LogP contribution in [0, 0.1) is 11.8 Å². The van der Waals surface area contributed by atoms with E-state index in [0.717, 1.165) is 18.5 Å². The van der Waals surface area contributed by atoms with Gasteiger partial charge >= 0.3 is 0 Å². The summed E-state index contributed by atoms with van der Waals surface area (Å²) in [5.74, 6) is 1.25. The van der Waals surface area contributed by atoms with E-state index in [4.69, 9.17) is 11.6 Å². The third-order valence-corrected chi connectivity index (χ3v) is 4.33. The molecule has 98 valence electrons. The van der Waals surface area contributed by atoms with Crippen LogP contribution in [-0.4, -0.2) is 18.9 Å². The molecule has 1 saturated heterocycles. The maximum absolute atomic E-state index is 11.2. The van der Waals surface area contributed by atoms with Crippen molar-refractivity contribution < 1.29 is 4.79 Å². The van der Waals surface area contributed by atoms with Crippen LogP contribution < -0.4 is 4.90 Å². The Morgan fingerprint density at radius 2 is 2.06 bits per heavy atom. The first-order valence-corrected chi connectivity index (χ1v) is 6.92. The molecule has 0 saturated carbocycles. The Morgan fingerprint density at radius 1 is 1.33 bits per heavy atom. The van der Waals surface area contributed by atoms with Crippen molar-refractivity contribution in [1.82, 2.24) is 0 Å². The van der Waals surface area contributed by atoms with Crippen LogP contribution in [0.4, 0.5) is 5.69 Å². The van der Waals surface area contributed by atoms with Crippen molar-refractivity contribution in [3.63, 3.8) is 0 Å². The largest absolute Gasteiger partial charge is 0.367 e. The second-order valence-electron chi connectivity index (χ2n) is 5.51. The smallest absolute Gasteiger partial charge is 0.152 e. The average molecular weight is 266 g/mol. The molecule has 2 nitrogen and oxygen atoms in total. The number of carbonyl (C=O) groups is 1. The summed E-state index contributed by atoms with van der Waals surface area (Å²) in [5, 5.41) is 0.674. The van der Waals surface area contributed by atoms with Gasteiger partial charge in [-0.2, -0.15) is 0 Å².